The molecule has 13 heavy (non-hydrogen) atoms. The first kappa shape index (κ1) is 10.8. The zero-order valence-electron chi connectivity index (χ0n) is 7.10. The molecule has 0 saturated heterocycles. The summed E-state index contributed by atoms with van der Waals surface area (Å²) in [6.45, 7) is 0.215. The number of thioether (sulfide) groups is 1. The molecule has 0 heterocycles. The molecule has 0 saturated carbocycles. The number of phenolic OH excluding ortho intramolecular Hbond substituents is 1. The van der Waals surface area contributed by atoms with Crippen LogP contribution in [0.2, 0.25) is 0 Å². The second kappa shape index (κ2) is 5.42. The summed E-state index contributed by atoms with van der Waals surface area (Å²) in [4.78, 5) is 1.82. The highest BCUT2D eigenvalue weighted by atomic mass is 32.2. The van der Waals surface area contributed by atoms with Crippen LogP contribution in [0.4, 0.5) is 0 Å². The molecular weight excluding hydrogens is 204 g/mol. The van der Waals surface area contributed by atoms with Gasteiger partial charge >= 0.3 is 0 Å². The van der Waals surface area contributed by atoms with E-state index in [0.717, 1.165) is 22.0 Å². The van der Waals surface area contributed by atoms with Gasteiger partial charge in [0.25, 0.3) is 0 Å². The molecule has 0 amide bonds. The van der Waals surface area contributed by atoms with Crippen LogP contribution in [0.15, 0.2) is 28.0 Å². The number of hydrogen-bond acceptors (Lipinski definition) is 4. The predicted octanol–water partition coefficient (Wildman–Crippen LogP) is 2.16. The first-order valence-electron chi connectivity index (χ1n) is 3.99. The summed E-state index contributed by atoms with van der Waals surface area (Å²) < 4.78 is 0. The van der Waals surface area contributed by atoms with Gasteiger partial charge in [-0.3, -0.25) is 0 Å². The number of hydrogen-bond donors (Lipinski definition) is 3. The van der Waals surface area contributed by atoms with E-state index in [0.29, 0.717) is 0 Å². The summed E-state index contributed by atoms with van der Waals surface area (Å²) in [7, 11) is 0. The van der Waals surface area contributed by atoms with Gasteiger partial charge in [0, 0.05) is 22.2 Å². The summed E-state index contributed by atoms with van der Waals surface area (Å²) in [5.41, 5.74) is 0. The van der Waals surface area contributed by atoms with Crippen molar-refractivity contribution in [2.24, 2.45) is 0 Å². The molecule has 0 aliphatic heterocycles. The number of benzene rings is 1. The highest BCUT2D eigenvalue weighted by Gasteiger charge is 2.00. The summed E-state index contributed by atoms with van der Waals surface area (Å²) in [6, 6.07) is 5.09. The molecule has 2 nitrogen and oxygen atoms in total. The molecule has 0 fully saturated rings. The number of aromatic hydroxyl groups is 1. The van der Waals surface area contributed by atoms with Gasteiger partial charge in [-0.1, -0.05) is 0 Å². The monoisotopic (exact) mass is 216 g/mol. The third kappa shape index (κ3) is 3.50. The summed E-state index contributed by atoms with van der Waals surface area (Å²) in [5.74, 6) is 1.10. The topological polar surface area (TPSA) is 40.5 Å². The zero-order chi connectivity index (χ0) is 9.68. The lowest BCUT2D eigenvalue weighted by Gasteiger charge is -2.03. The van der Waals surface area contributed by atoms with Gasteiger partial charge in [-0.2, -0.15) is 0 Å². The van der Waals surface area contributed by atoms with Crippen molar-refractivity contribution in [2.45, 2.75) is 16.2 Å². The van der Waals surface area contributed by atoms with E-state index in [9.17, 15) is 0 Å². The third-order valence-electron chi connectivity index (χ3n) is 1.50. The predicted molar refractivity (Wildman–Crippen MR) is 57.8 cm³/mol. The molecule has 0 atom stereocenters. The van der Waals surface area contributed by atoms with E-state index in [2.05, 4.69) is 12.6 Å². The van der Waals surface area contributed by atoms with Crippen LogP contribution in [0.5, 0.6) is 5.75 Å². The highest BCUT2D eigenvalue weighted by molar-refractivity contribution is 7.99. The summed E-state index contributed by atoms with van der Waals surface area (Å²) in [6.07, 6.45) is 0.777. The Bertz CT molecular complexity index is 276. The maximum atomic E-state index is 9.11. The number of thiol groups is 1. The summed E-state index contributed by atoms with van der Waals surface area (Å²) >= 11 is 5.86. The Morgan fingerprint density at radius 1 is 1.38 bits per heavy atom. The molecule has 4 heteroatoms. The van der Waals surface area contributed by atoms with Crippen molar-refractivity contribution >= 4 is 24.4 Å². The average molecular weight is 216 g/mol. The normalized spacial score (nSPS) is 10.3. The van der Waals surface area contributed by atoms with Crippen molar-refractivity contribution < 1.29 is 10.2 Å². The Balaban J connectivity index is 2.56. The molecule has 1 aromatic carbocycles. The maximum Gasteiger partial charge on any atom is 0.116 e. The van der Waals surface area contributed by atoms with Gasteiger partial charge in [0.2, 0.25) is 0 Å². The van der Waals surface area contributed by atoms with Crippen molar-refractivity contribution in [3.63, 3.8) is 0 Å². The molecule has 0 radical (unpaired) electrons. The minimum absolute atomic E-state index is 0.215. The molecule has 0 bridgehead atoms. The van der Waals surface area contributed by atoms with Gasteiger partial charge in [0.05, 0.1) is 0 Å². The molecule has 2 N–H and O–H groups in total. The van der Waals surface area contributed by atoms with Gasteiger partial charge in [-0.25, -0.2) is 0 Å². The molecule has 0 spiro atoms. The Hall–Kier alpha value is -0.320. The van der Waals surface area contributed by atoms with Crippen LogP contribution < -0.4 is 0 Å². The lowest BCUT2D eigenvalue weighted by Crippen LogP contribution is -1.85. The van der Waals surface area contributed by atoms with E-state index >= 15 is 0 Å². The number of aliphatic hydroxyl groups is 1. The highest BCUT2D eigenvalue weighted by Crippen LogP contribution is 2.28. The van der Waals surface area contributed by atoms with Gasteiger partial charge < -0.3 is 10.2 Å². The van der Waals surface area contributed by atoms with Crippen molar-refractivity contribution in [1.82, 2.24) is 0 Å². The van der Waals surface area contributed by atoms with Crippen molar-refractivity contribution in [3.05, 3.63) is 18.2 Å². The van der Waals surface area contributed by atoms with Gasteiger partial charge in [-0.15, -0.1) is 24.4 Å². The second-order valence-electron chi connectivity index (χ2n) is 2.58. The quantitative estimate of drug-likeness (QED) is 0.410. The van der Waals surface area contributed by atoms with E-state index in [-0.39, 0.29) is 12.4 Å². The van der Waals surface area contributed by atoms with Gasteiger partial charge in [-0.05, 0) is 24.6 Å². The number of aliphatic hydroxyl groups excluding tert-OH is 1. The third-order valence-corrected chi connectivity index (χ3v) is 3.18. The fraction of sp³-hybridized carbons (Fsp3) is 0.333. The summed E-state index contributed by atoms with van der Waals surface area (Å²) in [5, 5.41) is 17.7. The lowest BCUT2D eigenvalue weighted by molar-refractivity contribution is 0.296. The number of rotatable bonds is 4. The molecule has 0 unspecified atom stereocenters. The Kier molecular flexibility index (Phi) is 4.48. The van der Waals surface area contributed by atoms with Crippen molar-refractivity contribution in [2.75, 3.05) is 12.4 Å². The van der Waals surface area contributed by atoms with Crippen LogP contribution >= 0.6 is 24.4 Å². The van der Waals surface area contributed by atoms with E-state index < -0.39 is 0 Å². The van der Waals surface area contributed by atoms with Crippen LogP contribution in [0.1, 0.15) is 6.42 Å². The molecule has 1 aromatic rings. The first-order valence-corrected chi connectivity index (χ1v) is 5.43. The fourth-order valence-corrected chi connectivity index (χ4v) is 2.14. The standard InChI is InChI=1S/C9H12O2S2/c10-4-1-5-13-9-3-2-7(11)6-8(9)12/h2-3,6,10-12H,1,4-5H2. The molecule has 1 rings (SSSR count). The maximum absolute atomic E-state index is 9.11. The van der Waals surface area contributed by atoms with Crippen molar-refractivity contribution in [3.8, 4) is 5.75 Å². The van der Waals surface area contributed by atoms with Crippen LogP contribution in [0, 0.1) is 0 Å². The van der Waals surface area contributed by atoms with Gasteiger partial charge in [0.15, 0.2) is 0 Å². The largest absolute Gasteiger partial charge is 0.508 e. The van der Waals surface area contributed by atoms with Crippen LogP contribution in [0.3, 0.4) is 0 Å². The zero-order valence-corrected chi connectivity index (χ0v) is 8.81. The smallest absolute Gasteiger partial charge is 0.116 e. The van der Waals surface area contributed by atoms with Crippen molar-refractivity contribution in [1.29, 1.82) is 0 Å². The van der Waals surface area contributed by atoms with E-state index in [1.165, 1.54) is 0 Å². The minimum Gasteiger partial charge on any atom is -0.508 e. The lowest BCUT2D eigenvalue weighted by atomic mass is 10.3. The van der Waals surface area contributed by atoms with Crippen LogP contribution in [-0.4, -0.2) is 22.6 Å². The fourth-order valence-electron chi connectivity index (χ4n) is 0.874. The second-order valence-corrected chi connectivity index (χ2v) is 4.20. The molecule has 0 aliphatic carbocycles. The molecule has 0 aromatic heterocycles. The van der Waals surface area contributed by atoms with Gasteiger partial charge in [0.1, 0.15) is 5.75 Å². The molecular formula is C9H12O2S2. The minimum atomic E-state index is 0.215. The van der Waals surface area contributed by atoms with E-state index in [4.69, 9.17) is 10.2 Å². The number of phenols is 1. The SMILES string of the molecule is OCCCSc1ccc(O)cc1S. The van der Waals surface area contributed by atoms with Crippen LogP contribution in [-0.2, 0) is 0 Å². The Labute approximate surface area is 87.4 Å². The van der Waals surface area contributed by atoms with E-state index in [1.54, 1.807) is 23.9 Å². The molecule has 72 valence electrons. The Morgan fingerprint density at radius 3 is 2.77 bits per heavy atom. The average Bonchev–Trinajstić information content (AvgIpc) is 2.09. The van der Waals surface area contributed by atoms with E-state index in [1.807, 2.05) is 6.07 Å². The van der Waals surface area contributed by atoms with Crippen LogP contribution in [0.25, 0.3) is 0 Å². The first-order chi connectivity index (χ1) is 6.24. The Morgan fingerprint density at radius 2 is 2.15 bits per heavy atom. The molecule has 0 aliphatic rings.